The zero-order valence-electron chi connectivity index (χ0n) is 17.3. The molecule has 6 heteroatoms. The molecule has 0 bridgehead atoms. The molecule has 1 aliphatic heterocycles. The molecule has 1 aromatic heterocycles. The minimum Gasteiger partial charge on any atom is -0.494 e. The predicted molar refractivity (Wildman–Crippen MR) is 117 cm³/mol. The monoisotopic (exact) mass is 406 g/mol. The minimum absolute atomic E-state index is 0.0662. The van der Waals surface area contributed by atoms with Crippen molar-refractivity contribution in [1.82, 2.24) is 10.3 Å². The lowest BCUT2D eigenvalue weighted by molar-refractivity contribution is -0.906. The molecule has 3 aromatic rings. The molecule has 1 fully saturated rings. The first-order valence-corrected chi connectivity index (χ1v) is 10.6. The first kappa shape index (κ1) is 20.3. The Morgan fingerprint density at radius 2 is 1.97 bits per heavy atom. The van der Waals surface area contributed by atoms with Gasteiger partial charge in [0.25, 0.3) is 5.91 Å². The van der Waals surface area contributed by atoms with Gasteiger partial charge < -0.3 is 19.7 Å². The van der Waals surface area contributed by atoms with Crippen molar-refractivity contribution in [2.45, 2.75) is 6.92 Å². The largest absolute Gasteiger partial charge is 0.494 e. The SMILES string of the molecule is CCOc1cccc(-c2cc(C(=O)NCC[NH+]3CCOCC3)c3ccccc3n2)c1. The highest BCUT2D eigenvalue weighted by Crippen LogP contribution is 2.27. The molecule has 2 heterocycles. The maximum atomic E-state index is 13.1. The Labute approximate surface area is 176 Å². The molecule has 2 N–H and O–H groups in total. The number of carbonyl (C=O) groups is 1. The summed E-state index contributed by atoms with van der Waals surface area (Å²) in [6.07, 6.45) is 0. The van der Waals surface area contributed by atoms with Crippen LogP contribution in [0.3, 0.4) is 0 Å². The number of para-hydroxylation sites is 1. The summed E-state index contributed by atoms with van der Waals surface area (Å²) in [7, 11) is 0. The molecule has 2 aromatic carbocycles. The van der Waals surface area contributed by atoms with Crippen molar-refractivity contribution in [3.05, 3.63) is 60.2 Å². The van der Waals surface area contributed by atoms with Gasteiger partial charge in [0, 0.05) is 10.9 Å². The van der Waals surface area contributed by atoms with E-state index in [1.165, 1.54) is 4.90 Å². The van der Waals surface area contributed by atoms with Gasteiger partial charge in [-0.25, -0.2) is 4.98 Å². The first-order valence-electron chi connectivity index (χ1n) is 10.6. The number of quaternary nitrogens is 1. The third-order valence-electron chi connectivity index (χ3n) is 5.37. The highest BCUT2D eigenvalue weighted by atomic mass is 16.5. The van der Waals surface area contributed by atoms with Gasteiger partial charge in [-0.2, -0.15) is 0 Å². The van der Waals surface area contributed by atoms with Crippen molar-refractivity contribution in [2.24, 2.45) is 0 Å². The van der Waals surface area contributed by atoms with Crippen molar-refractivity contribution in [1.29, 1.82) is 0 Å². The van der Waals surface area contributed by atoms with Crippen LogP contribution in [0.25, 0.3) is 22.2 Å². The van der Waals surface area contributed by atoms with Crippen LogP contribution >= 0.6 is 0 Å². The van der Waals surface area contributed by atoms with E-state index in [1.807, 2.05) is 61.5 Å². The van der Waals surface area contributed by atoms with E-state index in [9.17, 15) is 4.79 Å². The standard InChI is InChI=1S/C24H27N3O3/c1-2-30-19-7-5-6-18(16-19)23-17-21(20-8-3-4-9-22(20)26-23)24(28)25-10-11-27-12-14-29-15-13-27/h3-9,16-17H,2,10-15H2,1H3,(H,25,28)/p+1. The maximum absolute atomic E-state index is 13.1. The highest BCUT2D eigenvalue weighted by Gasteiger charge is 2.16. The van der Waals surface area contributed by atoms with E-state index in [-0.39, 0.29) is 5.91 Å². The van der Waals surface area contributed by atoms with Gasteiger partial charge in [0.2, 0.25) is 0 Å². The lowest BCUT2D eigenvalue weighted by atomic mass is 10.0. The number of carbonyl (C=O) groups excluding carboxylic acids is 1. The molecule has 0 saturated carbocycles. The van der Waals surface area contributed by atoms with E-state index in [2.05, 4.69) is 5.32 Å². The van der Waals surface area contributed by atoms with Crippen molar-refractivity contribution in [3.8, 4) is 17.0 Å². The van der Waals surface area contributed by atoms with Crippen LogP contribution in [-0.2, 0) is 4.74 Å². The zero-order chi connectivity index (χ0) is 20.8. The molecule has 0 radical (unpaired) electrons. The van der Waals surface area contributed by atoms with Crippen LogP contribution in [0.15, 0.2) is 54.6 Å². The molecule has 1 aliphatic rings. The number of benzene rings is 2. The van der Waals surface area contributed by atoms with Gasteiger partial charge in [-0.05, 0) is 31.2 Å². The number of nitrogens with zero attached hydrogens (tertiary/aromatic N) is 1. The van der Waals surface area contributed by atoms with Gasteiger partial charge in [-0.15, -0.1) is 0 Å². The van der Waals surface area contributed by atoms with Gasteiger partial charge in [0.05, 0.1) is 49.7 Å². The smallest absolute Gasteiger partial charge is 0.252 e. The molecular formula is C24H28N3O3+. The summed E-state index contributed by atoms with van der Waals surface area (Å²) >= 11 is 0. The summed E-state index contributed by atoms with van der Waals surface area (Å²) in [4.78, 5) is 19.3. The van der Waals surface area contributed by atoms with Crippen molar-refractivity contribution in [2.75, 3.05) is 46.0 Å². The molecule has 4 rings (SSSR count). The van der Waals surface area contributed by atoms with Crippen molar-refractivity contribution >= 4 is 16.8 Å². The number of nitrogens with one attached hydrogen (secondary N) is 2. The maximum Gasteiger partial charge on any atom is 0.252 e. The Hall–Kier alpha value is -2.96. The molecule has 0 unspecified atom stereocenters. The minimum atomic E-state index is -0.0662. The number of morpholine rings is 1. The number of rotatable bonds is 7. The van der Waals surface area contributed by atoms with E-state index in [0.29, 0.717) is 18.7 Å². The quantitative estimate of drug-likeness (QED) is 0.630. The molecule has 156 valence electrons. The number of pyridine rings is 1. The van der Waals surface area contributed by atoms with E-state index in [0.717, 1.165) is 60.8 Å². The van der Waals surface area contributed by atoms with Crippen LogP contribution in [0.4, 0.5) is 0 Å². The number of aromatic nitrogens is 1. The number of fused-ring (bicyclic) bond motifs is 1. The molecule has 0 atom stereocenters. The molecule has 1 amide bonds. The fourth-order valence-corrected chi connectivity index (χ4v) is 3.78. The Kier molecular flexibility index (Phi) is 6.57. The first-order chi connectivity index (χ1) is 14.7. The average Bonchev–Trinajstić information content (AvgIpc) is 2.79. The Morgan fingerprint density at radius 3 is 2.80 bits per heavy atom. The summed E-state index contributed by atoms with van der Waals surface area (Å²) in [5, 5.41) is 3.96. The molecule has 6 nitrogen and oxygen atoms in total. The number of amides is 1. The summed E-state index contributed by atoms with van der Waals surface area (Å²) in [6.45, 7) is 7.68. The Bertz CT molecular complexity index is 1020. The van der Waals surface area contributed by atoms with E-state index >= 15 is 0 Å². The van der Waals surface area contributed by atoms with E-state index < -0.39 is 0 Å². The topological polar surface area (TPSA) is 64.9 Å². The molecule has 1 saturated heterocycles. The normalized spacial score (nSPS) is 14.6. The summed E-state index contributed by atoms with van der Waals surface area (Å²) in [5.74, 6) is 0.730. The van der Waals surface area contributed by atoms with Gasteiger partial charge in [-0.1, -0.05) is 30.3 Å². The second-order valence-corrected chi connectivity index (χ2v) is 7.40. The van der Waals surface area contributed by atoms with Gasteiger partial charge >= 0.3 is 0 Å². The van der Waals surface area contributed by atoms with Crippen molar-refractivity contribution < 1.29 is 19.2 Å². The molecule has 0 aliphatic carbocycles. The number of ether oxygens (including phenoxy) is 2. The van der Waals surface area contributed by atoms with Gasteiger partial charge in [0.1, 0.15) is 18.8 Å². The van der Waals surface area contributed by atoms with Crippen LogP contribution < -0.4 is 15.0 Å². The lowest BCUT2D eigenvalue weighted by Gasteiger charge is -2.23. The second-order valence-electron chi connectivity index (χ2n) is 7.40. The van der Waals surface area contributed by atoms with E-state index in [4.69, 9.17) is 14.5 Å². The van der Waals surface area contributed by atoms with Crippen LogP contribution in [0, 0.1) is 0 Å². The zero-order valence-corrected chi connectivity index (χ0v) is 17.3. The number of hydrogen-bond acceptors (Lipinski definition) is 4. The molecule has 0 spiro atoms. The van der Waals surface area contributed by atoms with Crippen LogP contribution in [0.5, 0.6) is 5.75 Å². The molecule has 30 heavy (non-hydrogen) atoms. The third-order valence-corrected chi connectivity index (χ3v) is 5.37. The number of hydrogen-bond donors (Lipinski definition) is 2. The fraction of sp³-hybridized carbons (Fsp3) is 0.333. The Balaban J connectivity index is 1.58. The average molecular weight is 407 g/mol. The second kappa shape index (κ2) is 9.69. The predicted octanol–water partition coefficient (Wildman–Crippen LogP) is 1.95. The van der Waals surface area contributed by atoms with E-state index in [1.54, 1.807) is 0 Å². The summed E-state index contributed by atoms with van der Waals surface area (Å²) < 4.78 is 11.0. The summed E-state index contributed by atoms with van der Waals surface area (Å²) in [6, 6.07) is 17.5. The summed E-state index contributed by atoms with van der Waals surface area (Å²) in [5.41, 5.74) is 3.15. The fourth-order valence-electron chi connectivity index (χ4n) is 3.78. The third kappa shape index (κ3) is 4.78. The van der Waals surface area contributed by atoms with Crippen LogP contribution in [-0.4, -0.2) is 56.9 Å². The van der Waals surface area contributed by atoms with Crippen molar-refractivity contribution in [3.63, 3.8) is 0 Å². The van der Waals surface area contributed by atoms with Gasteiger partial charge in [-0.3, -0.25) is 4.79 Å². The lowest BCUT2D eigenvalue weighted by Crippen LogP contribution is -3.14. The van der Waals surface area contributed by atoms with Crippen LogP contribution in [0.2, 0.25) is 0 Å². The molecular weight excluding hydrogens is 378 g/mol. The van der Waals surface area contributed by atoms with Gasteiger partial charge in [0.15, 0.2) is 0 Å². The van der Waals surface area contributed by atoms with Crippen LogP contribution in [0.1, 0.15) is 17.3 Å². The highest BCUT2D eigenvalue weighted by molar-refractivity contribution is 6.07. The Morgan fingerprint density at radius 1 is 1.13 bits per heavy atom.